The molecule has 128 valence electrons. The van der Waals surface area contributed by atoms with E-state index < -0.39 is 0 Å². The van der Waals surface area contributed by atoms with Crippen LogP contribution >= 0.6 is 11.3 Å². The van der Waals surface area contributed by atoms with Crippen molar-refractivity contribution in [3.8, 4) is 0 Å². The fourth-order valence-electron chi connectivity index (χ4n) is 3.08. The van der Waals surface area contributed by atoms with Gasteiger partial charge in [0.1, 0.15) is 6.10 Å². The van der Waals surface area contributed by atoms with E-state index in [1.165, 1.54) is 5.01 Å². The molecule has 0 bridgehead atoms. The van der Waals surface area contributed by atoms with Crippen molar-refractivity contribution in [1.82, 2.24) is 15.2 Å². The molecule has 0 aliphatic carbocycles. The Kier molecular flexibility index (Phi) is 5.85. The molecule has 2 atom stereocenters. The molecule has 6 nitrogen and oxygen atoms in total. The number of aliphatic imine (C=N–C) groups is 1. The van der Waals surface area contributed by atoms with Gasteiger partial charge >= 0.3 is 0 Å². The minimum atomic E-state index is 0.149. The zero-order valence-electron chi connectivity index (χ0n) is 14.0. The molecule has 1 aromatic rings. The third kappa shape index (κ3) is 4.22. The number of nitrogens with zero attached hydrogens (tertiary/aromatic N) is 3. The molecular formula is C16H26N4O2S. The van der Waals surface area contributed by atoms with E-state index >= 15 is 0 Å². The predicted molar refractivity (Wildman–Crippen MR) is 92.0 cm³/mol. The number of nitrogens with one attached hydrogen (secondary N) is 1. The van der Waals surface area contributed by atoms with Crippen molar-refractivity contribution in [3.63, 3.8) is 0 Å². The lowest BCUT2D eigenvalue weighted by atomic mass is 10.1. The summed E-state index contributed by atoms with van der Waals surface area (Å²) in [6.45, 7) is 6.13. The first-order valence-electron chi connectivity index (χ1n) is 8.42. The molecule has 2 aliphatic rings. The molecule has 1 aromatic heterocycles. The van der Waals surface area contributed by atoms with Crippen molar-refractivity contribution < 1.29 is 9.47 Å². The lowest BCUT2D eigenvalue weighted by molar-refractivity contribution is -0.0817. The Hall–Kier alpha value is -1.18. The first-order chi connectivity index (χ1) is 11.3. The SMILES string of the molecule is CCc1nc(CNC(=NC)N2CCOC(C3CCCO3)C2)cs1. The topological polar surface area (TPSA) is 59.0 Å². The molecule has 23 heavy (non-hydrogen) atoms. The fourth-order valence-corrected chi connectivity index (χ4v) is 3.83. The van der Waals surface area contributed by atoms with Crippen molar-refractivity contribution in [2.45, 2.75) is 44.9 Å². The lowest BCUT2D eigenvalue weighted by Gasteiger charge is -2.37. The van der Waals surface area contributed by atoms with Gasteiger partial charge in [-0.25, -0.2) is 4.98 Å². The zero-order chi connectivity index (χ0) is 16.1. The number of morpholine rings is 1. The second-order valence-electron chi connectivity index (χ2n) is 5.89. The van der Waals surface area contributed by atoms with Gasteiger partial charge in [0.25, 0.3) is 0 Å². The number of aryl methyl sites for hydroxylation is 1. The van der Waals surface area contributed by atoms with Crippen LogP contribution in [0, 0.1) is 0 Å². The highest BCUT2D eigenvalue weighted by atomic mass is 32.1. The van der Waals surface area contributed by atoms with Crippen LogP contribution in [-0.4, -0.2) is 61.4 Å². The van der Waals surface area contributed by atoms with E-state index in [1.54, 1.807) is 11.3 Å². The maximum Gasteiger partial charge on any atom is 0.194 e. The van der Waals surface area contributed by atoms with Gasteiger partial charge in [0, 0.05) is 32.1 Å². The van der Waals surface area contributed by atoms with Gasteiger partial charge in [0.05, 0.1) is 30.0 Å². The van der Waals surface area contributed by atoms with Crippen LogP contribution < -0.4 is 5.32 Å². The maximum atomic E-state index is 5.91. The molecule has 2 unspecified atom stereocenters. The minimum absolute atomic E-state index is 0.149. The number of guanidine groups is 1. The minimum Gasteiger partial charge on any atom is -0.375 e. The standard InChI is InChI=1S/C16H26N4O2S/c1-3-15-19-12(11-23-15)9-18-16(17-2)20-6-8-22-14(10-20)13-5-4-7-21-13/h11,13-14H,3-10H2,1-2H3,(H,17,18). The number of aromatic nitrogens is 1. The number of rotatable bonds is 4. The number of hydrogen-bond acceptors (Lipinski definition) is 5. The molecule has 0 amide bonds. The second kappa shape index (κ2) is 8.08. The Morgan fingerprint density at radius 3 is 3.00 bits per heavy atom. The monoisotopic (exact) mass is 338 g/mol. The molecule has 2 fully saturated rings. The summed E-state index contributed by atoms with van der Waals surface area (Å²) < 4.78 is 11.7. The number of thiazole rings is 1. The van der Waals surface area contributed by atoms with Crippen LogP contribution in [-0.2, 0) is 22.4 Å². The maximum absolute atomic E-state index is 5.91. The Balaban J connectivity index is 1.54. The van der Waals surface area contributed by atoms with E-state index in [1.807, 2.05) is 7.05 Å². The molecule has 2 saturated heterocycles. The van der Waals surface area contributed by atoms with Crippen LogP contribution in [0.1, 0.15) is 30.5 Å². The molecule has 0 spiro atoms. The van der Waals surface area contributed by atoms with Crippen molar-refractivity contribution in [2.24, 2.45) is 4.99 Å². The Bertz CT molecular complexity index is 528. The van der Waals surface area contributed by atoms with Crippen molar-refractivity contribution in [3.05, 3.63) is 16.1 Å². The van der Waals surface area contributed by atoms with Gasteiger partial charge < -0.3 is 19.7 Å². The average Bonchev–Trinajstić information content (AvgIpc) is 3.27. The molecule has 1 N–H and O–H groups in total. The quantitative estimate of drug-likeness (QED) is 0.668. The average molecular weight is 338 g/mol. The summed E-state index contributed by atoms with van der Waals surface area (Å²) >= 11 is 1.72. The van der Waals surface area contributed by atoms with Crippen LogP contribution in [0.5, 0.6) is 0 Å². The van der Waals surface area contributed by atoms with Crippen LogP contribution in [0.2, 0.25) is 0 Å². The summed E-state index contributed by atoms with van der Waals surface area (Å²) in [5.41, 5.74) is 1.08. The summed E-state index contributed by atoms with van der Waals surface area (Å²) in [6, 6.07) is 0. The van der Waals surface area contributed by atoms with Crippen LogP contribution in [0.3, 0.4) is 0 Å². The first kappa shape index (κ1) is 16.7. The van der Waals surface area contributed by atoms with Crippen LogP contribution in [0.25, 0.3) is 0 Å². The normalized spacial score (nSPS) is 25.8. The summed E-state index contributed by atoms with van der Waals surface area (Å²) in [5, 5.41) is 6.73. The third-order valence-corrected chi connectivity index (χ3v) is 5.36. The van der Waals surface area contributed by atoms with E-state index in [2.05, 4.69) is 32.5 Å². The molecule has 3 heterocycles. The molecular weight excluding hydrogens is 312 g/mol. The molecule has 2 aliphatic heterocycles. The first-order valence-corrected chi connectivity index (χ1v) is 9.30. The van der Waals surface area contributed by atoms with Gasteiger partial charge in [-0.1, -0.05) is 6.92 Å². The third-order valence-electron chi connectivity index (χ3n) is 4.31. The largest absolute Gasteiger partial charge is 0.375 e. The van der Waals surface area contributed by atoms with Crippen LogP contribution in [0.4, 0.5) is 0 Å². The smallest absolute Gasteiger partial charge is 0.194 e. The van der Waals surface area contributed by atoms with Gasteiger partial charge in [0.15, 0.2) is 5.96 Å². The summed E-state index contributed by atoms with van der Waals surface area (Å²) in [4.78, 5) is 11.3. The van der Waals surface area contributed by atoms with Crippen LogP contribution in [0.15, 0.2) is 10.4 Å². The van der Waals surface area contributed by atoms with E-state index in [-0.39, 0.29) is 12.2 Å². The molecule has 7 heteroatoms. The number of ether oxygens (including phenoxy) is 2. The van der Waals surface area contributed by atoms with E-state index in [4.69, 9.17) is 9.47 Å². The van der Waals surface area contributed by atoms with E-state index in [9.17, 15) is 0 Å². The Labute approximate surface area is 141 Å². The Morgan fingerprint density at radius 1 is 1.43 bits per heavy atom. The van der Waals surface area contributed by atoms with Crippen molar-refractivity contribution in [2.75, 3.05) is 33.4 Å². The van der Waals surface area contributed by atoms with E-state index in [0.717, 1.165) is 57.2 Å². The Morgan fingerprint density at radius 2 is 2.30 bits per heavy atom. The van der Waals surface area contributed by atoms with Gasteiger partial charge in [-0.05, 0) is 19.3 Å². The van der Waals surface area contributed by atoms with Crippen molar-refractivity contribution in [1.29, 1.82) is 0 Å². The van der Waals surface area contributed by atoms with Gasteiger partial charge in [0.2, 0.25) is 0 Å². The highest BCUT2D eigenvalue weighted by molar-refractivity contribution is 7.09. The highest BCUT2D eigenvalue weighted by Gasteiger charge is 2.32. The fraction of sp³-hybridized carbons (Fsp3) is 0.750. The summed E-state index contributed by atoms with van der Waals surface area (Å²) in [7, 11) is 1.83. The molecule has 0 saturated carbocycles. The molecule has 0 radical (unpaired) electrons. The summed E-state index contributed by atoms with van der Waals surface area (Å²) in [5.74, 6) is 0.919. The van der Waals surface area contributed by atoms with Gasteiger partial charge in [-0.15, -0.1) is 11.3 Å². The highest BCUT2D eigenvalue weighted by Crippen LogP contribution is 2.21. The number of hydrogen-bond donors (Lipinski definition) is 1. The second-order valence-corrected chi connectivity index (χ2v) is 6.84. The van der Waals surface area contributed by atoms with Gasteiger partial charge in [-0.3, -0.25) is 4.99 Å². The van der Waals surface area contributed by atoms with Gasteiger partial charge in [-0.2, -0.15) is 0 Å². The predicted octanol–water partition coefficient (Wildman–Crippen LogP) is 1.66. The van der Waals surface area contributed by atoms with Crippen molar-refractivity contribution >= 4 is 17.3 Å². The van der Waals surface area contributed by atoms with E-state index in [0.29, 0.717) is 6.54 Å². The molecule has 3 rings (SSSR count). The lowest BCUT2D eigenvalue weighted by Crippen LogP contribution is -2.53. The summed E-state index contributed by atoms with van der Waals surface area (Å²) in [6.07, 6.45) is 3.62. The zero-order valence-corrected chi connectivity index (χ0v) is 14.8. The molecule has 0 aromatic carbocycles.